The van der Waals surface area contributed by atoms with Crippen LogP contribution in [-0.4, -0.2) is 41.7 Å². The van der Waals surface area contributed by atoms with E-state index in [1.54, 1.807) is 26.0 Å². The average molecular weight is 476 g/mol. The molecule has 0 aliphatic heterocycles. The Balaban J connectivity index is 1.65. The van der Waals surface area contributed by atoms with Gasteiger partial charge in [0.25, 0.3) is 5.56 Å². The van der Waals surface area contributed by atoms with Gasteiger partial charge in [0.1, 0.15) is 17.3 Å². The molecule has 3 aromatic rings. The van der Waals surface area contributed by atoms with Crippen molar-refractivity contribution in [3.8, 4) is 0 Å². The van der Waals surface area contributed by atoms with E-state index in [0.717, 1.165) is 10.4 Å². The lowest BCUT2D eigenvalue weighted by atomic mass is 10.2. The normalized spacial score (nSPS) is 12.2. The van der Waals surface area contributed by atoms with Crippen molar-refractivity contribution < 1.29 is 17.9 Å². The van der Waals surface area contributed by atoms with E-state index in [0.29, 0.717) is 28.9 Å². The Labute approximate surface area is 190 Å². The van der Waals surface area contributed by atoms with Gasteiger partial charge in [0, 0.05) is 24.0 Å². The predicted molar refractivity (Wildman–Crippen MR) is 125 cm³/mol. The van der Waals surface area contributed by atoms with Crippen LogP contribution in [0.4, 0.5) is 0 Å². The summed E-state index contributed by atoms with van der Waals surface area (Å²) in [6, 6.07) is 6.25. The molecule has 8 nitrogen and oxygen atoms in total. The molecular weight excluding hydrogens is 450 g/mol. The number of aromatic amines is 1. The summed E-state index contributed by atoms with van der Waals surface area (Å²) in [6.45, 7) is 8.00. The zero-order valence-electron chi connectivity index (χ0n) is 18.3. The van der Waals surface area contributed by atoms with Gasteiger partial charge in [-0.25, -0.2) is 18.2 Å². The number of thiophene rings is 1. The molecule has 1 aromatic carbocycles. The first kappa shape index (κ1) is 23.8. The van der Waals surface area contributed by atoms with E-state index < -0.39 is 16.0 Å². The Kier molecular flexibility index (Phi) is 7.27. The molecule has 3 rings (SSSR count). The van der Waals surface area contributed by atoms with Crippen LogP contribution >= 0.6 is 11.3 Å². The first-order valence-corrected chi connectivity index (χ1v) is 12.4. The topological polar surface area (TPSA) is 109 Å². The number of benzene rings is 1. The predicted octanol–water partition coefficient (Wildman–Crippen LogP) is 3.39. The molecule has 32 heavy (non-hydrogen) atoms. The quantitative estimate of drug-likeness (QED) is 0.395. The Morgan fingerprint density at radius 1 is 1.19 bits per heavy atom. The van der Waals surface area contributed by atoms with Gasteiger partial charge in [-0.2, -0.15) is 4.31 Å². The van der Waals surface area contributed by atoms with Gasteiger partial charge in [-0.3, -0.25) is 4.79 Å². The molecule has 0 bridgehead atoms. The third-order valence-corrected chi connectivity index (χ3v) is 8.24. The molecule has 0 atom stereocenters. The second kappa shape index (κ2) is 9.76. The molecule has 0 fully saturated rings. The molecule has 10 heteroatoms. The van der Waals surface area contributed by atoms with Gasteiger partial charge in [-0.05, 0) is 43.2 Å². The summed E-state index contributed by atoms with van der Waals surface area (Å²) in [5, 5.41) is 0.564. The number of rotatable bonds is 8. The number of nitrogens with zero attached hydrogens (tertiary/aromatic N) is 2. The summed E-state index contributed by atoms with van der Waals surface area (Å²) in [5.74, 6) is -0.331. The maximum absolute atomic E-state index is 12.5. The molecule has 0 radical (unpaired) electrons. The van der Waals surface area contributed by atoms with Gasteiger partial charge in [0.05, 0.1) is 10.3 Å². The number of esters is 1. The molecule has 2 heterocycles. The molecule has 0 saturated heterocycles. The standard InChI is InChI=1S/C22H25N3O5S2/c1-5-25(6-2)32(28,29)17-10-7-16(8-11-17)9-12-19(26)30-13-18-23-21(27)20-14(3)15(4)31-22(20)24-18/h7-12H,5-6,13H2,1-4H3,(H,23,24,27)/b12-9+. The van der Waals surface area contributed by atoms with Gasteiger partial charge in [-0.15, -0.1) is 11.3 Å². The van der Waals surface area contributed by atoms with Crippen LogP contribution in [0.5, 0.6) is 0 Å². The van der Waals surface area contributed by atoms with Crippen molar-refractivity contribution in [1.29, 1.82) is 0 Å². The number of aromatic nitrogens is 2. The van der Waals surface area contributed by atoms with Crippen LogP contribution in [0.3, 0.4) is 0 Å². The van der Waals surface area contributed by atoms with Crippen LogP contribution in [-0.2, 0) is 26.2 Å². The number of nitrogens with one attached hydrogen (secondary N) is 1. The molecule has 0 spiro atoms. The number of aryl methyl sites for hydroxylation is 2. The summed E-state index contributed by atoms with van der Waals surface area (Å²) in [4.78, 5) is 33.2. The summed E-state index contributed by atoms with van der Waals surface area (Å²) in [5.41, 5.74) is 1.30. The number of carbonyl (C=O) groups is 1. The average Bonchev–Trinajstić information content (AvgIpc) is 3.05. The summed E-state index contributed by atoms with van der Waals surface area (Å²) < 4.78 is 31.6. The van der Waals surface area contributed by atoms with Crippen LogP contribution in [0, 0.1) is 13.8 Å². The summed E-state index contributed by atoms with van der Waals surface area (Å²) in [7, 11) is -3.53. The van der Waals surface area contributed by atoms with Crippen LogP contribution in [0.25, 0.3) is 16.3 Å². The van der Waals surface area contributed by atoms with Crippen LogP contribution in [0.15, 0.2) is 40.0 Å². The highest BCUT2D eigenvalue weighted by Gasteiger charge is 2.21. The largest absolute Gasteiger partial charge is 0.454 e. The fourth-order valence-electron chi connectivity index (χ4n) is 3.18. The van der Waals surface area contributed by atoms with Gasteiger partial charge < -0.3 is 9.72 Å². The SMILES string of the molecule is CCN(CC)S(=O)(=O)c1ccc(/C=C/C(=O)OCc2nc3sc(C)c(C)c3c(=O)[nH]2)cc1. The van der Waals surface area contributed by atoms with Crippen LogP contribution < -0.4 is 5.56 Å². The van der Waals surface area contributed by atoms with Gasteiger partial charge in [0.15, 0.2) is 0 Å². The molecule has 0 aliphatic rings. The first-order valence-electron chi connectivity index (χ1n) is 10.1. The molecule has 170 valence electrons. The molecule has 0 saturated carbocycles. The maximum Gasteiger partial charge on any atom is 0.331 e. The Morgan fingerprint density at radius 2 is 1.84 bits per heavy atom. The van der Waals surface area contributed by atoms with Gasteiger partial charge in [-0.1, -0.05) is 26.0 Å². The lowest BCUT2D eigenvalue weighted by molar-refractivity contribution is -0.139. The Morgan fingerprint density at radius 3 is 2.47 bits per heavy atom. The number of hydrogen-bond acceptors (Lipinski definition) is 7. The lowest BCUT2D eigenvalue weighted by Gasteiger charge is -2.18. The number of fused-ring (bicyclic) bond motifs is 1. The van der Waals surface area contributed by atoms with Crippen molar-refractivity contribution in [2.45, 2.75) is 39.2 Å². The van der Waals surface area contributed by atoms with E-state index >= 15 is 0 Å². The zero-order chi connectivity index (χ0) is 23.5. The molecular formula is C22H25N3O5S2. The number of sulfonamides is 1. The molecule has 0 amide bonds. The lowest BCUT2D eigenvalue weighted by Crippen LogP contribution is -2.30. The summed E-state index contributed by atoms with van der Waals surface area (Å²) >= 11 is 1.42. The Bertz CT molecular complexity index is 1320. The number of H-pyrrole nitrogens is 1. The maximum atomic E-state index is 12.5. The fourth-order valence-corrected chi connectivity index (χ4v) is 5.69. The minimum atomic E-state index is -3.53. The van der Waals surface area contributed by atoms with Crippen molar-refractivity contribution in [3.63, 3.8) is 0 Å². The minimum Gasteiger partial charge on any atom is -0.454 e. The van der Waals surface area contributed by atoms with E-state index in [4.69, 9.17) is 4.74 Å². The van der Waals surface area contributed by atoms with Gasteiger partial charge in [0.2, 0.25) is 10.0 Å². The van der Waals surface area contributed by atoms with Gasteiger partial charge >= 0.3 is 5.97 Å². The van der Waals surface area contributed by atoms with Crippen molar-refractivity contribution in [3.05, 3.63) is 62.5 Å². The van der Waals surface area contributed by atoms with Crippen molar-refractivity contribution >= 4 is 43.6 Å². The highest BCUT2D eigenvalue weighted by Crippen LogP contribution is 2.25. The molecule has 0 aliphatic carbocycles. The highest BCUT2D eigenvalue weighted by atomic mass is 32.2. The third kappa shape index (κ3) is 4.98. The number of carbonyl (C=O) groups excluding carboxylic acids is 1. The first-order chi connectivity index (χ1) is 15.2. The second-order valence-electron chi connectivity index (χ2n) is 7.08. The van der Waals surface area contributed by atoms with E-state index in [1.165, 1.54) is 39.9 Å². The molecule has 2 aromatic heterocycles. The third-order valence-electron chi connectivity index (χ3n) is 5.07. The van der Waals surface area contributed by atoms with Crippen molar-refractivity contribution in [1.82, 2.24) is 14.3 Å². The van der Waals surface area contributed by atoms with E-state index in [1.807, 2.05) is 13.8 Å². The van der Waals surface area contributed by atoms with Crippen molar-refractivity contribution in [2.24, 2.45) is 0 Å². The van der Waals surface area contributed by atoms with Crippen LogP contribution in [0.1, 0.15) is 35.7 Å². The van der Waals surface area contributed by atoms with E-state index in [9.17, 15) is 18.0 Å². The number of hydrogen-bond donors (Lipinski definition) is 1. The summed E-state index contributed by atoms with van der Waals surface area (Å²) in [6.07, 6.45) is 2.77. The number of ether oxygens (including phenoxy) is 1. The van der Waals surface area contributed by atoms with Crippen molar-refractivity contribution in [2.75, 3.05) is 13.1 Å². The molecule has 1 N–H and O–H groups in total. The Hall–Kier alpha value is -2.82. The fraction of sp³-hybridized carbons (Fsp3) is 0.318. The van der Waals surface area contributed by atoms with E-state index in [2.05, 4.69) is 9.97 Å². The second-order valence-corrected chi connectivity index (χ2v) is 10.2. The minimum absolute atomic E-state index is 0.161. The van der Waals surface area contributed by atoms with E-state index in [-0.39, 0.29) is 22.9 Å². The zero-order valence-corrected chi connectivity index (χ0v) is 20.0. The molecule has 0 unspecified atom stereocenters. The monoisotopic (exact) mass is 475 g/mol. The smallest absolute Gasteiger partial charge is 0.331 e. The van der Waals surface area contributed by atoms with Crippen LogP contribution in [0.2, 0.25) is 0 Å². The highest BCUT2D eigenvalue weighted by molar-refractivity contribution is 7.89.